The van der Waals surface area contributed by atoms with Crippen LogP contribution in [0.1, 0.15) is 16.8 Å². The number of alkyl halides is 3. The van der Waals surface area contributed by atoms with Crippen LogP contribution in [0.15, 0.2) is 64.0 Å². The number of aryl methyl sites for hydroxylation is 2. The van der Waals surface area contributed by atoms with E-state index in [0.29, 0.717) is 23.6 Å². The summed E-state index contributed by atoms with van der Waals surface area (Å²) in [7, 11) is 0. The summed E-state index contributed by atoms with van der Waals surface area (Å²) in [6.45, 7) is 4.60. The highest BCUT2D eigenvalue weighted by atomic mass is 32.2. The molecule has 0 saturated carbocycles. The average molecular weight is 430 g/mol. The third kappa shape index (κ3) is 4.73. The van der Waals surface area contributed by atoms with Crippen LogP contribution in [-0.4, -0.2) is 25.4 Å². The molecule has 0 amide bonds. The Balaban J connectivity index is 1.52. The molecule has 0 aliphatic rings. The molecule has 2 heterocycles. The number of benzene rings is 2. The first-order chi connectivity index (χ1) is 14.3. The number of hydrogen-bond acceptors (Lipinski definition) is 5. The fraction of sp³-hybridized carbons (Fsp3) is 0.190. The molecule has 0 N–H and O–H groups in total. The highest BCUT2D eigenvalue weighted by molar-refractivity contribution is 8.00. The number of thioether (sulfide) groups is 1. The first-order valence-electron chi connectivity index (χ1n) is 9.07. The lowest BCUT2D eigenvalue weighted by molar-refractivity contribution is -0.0328. The molecule has 30 heavy (non-hydrogen) atoms. The van der Waals surface area contributed by atoms with Crippen molar-refractivity contribution in [1.82, 2.24) is 19.9 Å². The fourth-order valence-corrected chi connectivity index (χ4v) is 3.43. The molecular formula is C21H17F3N4OS. The molecule has 0 saturated heterocycles. The Kier molecular flexibility index (Phi) is 5.38. The average Bonchev–Trinajstić information content (AvgIpc) is 3.30. The third-order valence-electron chi connectivity index (χ3n) is 4.43. The van der Waals surface area contributed by atoms with Crippen molar-refractivity contribution in [2.75, 3.05) is 0 Å². The minimum Gasteiger partial charge on any atom is -0.332 e. The topological polar surface area (TPSA) is 56.7 Å². The quantitative estimate of drug-likeness (QED) is 0.370. The summed E-state index contributed by atoms with van der Waals surface area (Å²) in [6.07, 6.45) is 0. The molecule has 0 bridgehead atoms. The van der Waals surface area contributed by atoms with Gasteiger partial charge in [0.25, 0.3) is 5.89 Å². The van der Waals surface area contributed by atoms with Crippen molar-refractivity contribution >= 4 is 11.8 Å². The molecule has 0 spiro atoms. The second-order valence-corrected chi connectivity index (χ2v) is 7.95. The van der Waals surface area contributed by atoms with Crippen LogP contribution in [0.2, 0.25) is 0 Å². The van der Waals surface area contributed by atoms with E-state index in [4.69, 9.17) is 4.52 Å². The van der Waals surface area contributed by atoms with Crippen LogP contribution in [0.5, 0.6) is 0 Å². The highest BCUT2D eigenvalue weighted by Gasteiger charge is 2.29. The van der Waals surface area contributed by atoms with Crippen molar-refractivity contribution in [3.05, 3.63) is 71.4 Å². The molecule has 5 nitrogen and oxygen atoms in total. The Bertz CT molecular complexity index is 1150. The van der Waals surface area contributed by atoms with Gasteiger partial charge in [0.05, 0.1) is 6.54 Å². The van der Waals surface area contributed by atoms with Gasteiger partial charge in [0, 0.05) is 16.2 Å². The van der Waals surface area contributed by atoms with E-state index in [1.807, 2.05) is 24.6 Å². The standard InChI is InChI=1S/C21H17F3N4OS/c1-13-3-5-15(6-4-13)12-28-14(2)11-18(26-28)20-25-19(27-29-20)16-7-9-17(10-8-16)30-21(22,23)24/h3-11H,12H2,1-2H3. The zero-order valence-corrected chi connectivity index (χ0v) is 17.0. The van der Waals surface area contributed by atoms with E-state index in [0.717, 1.165) is 11.3 Å². The van der Waals surface area contributed by atoms with Crippen molar-refractivity contribution in [2.24, 2.45) is 0 Å². The second kappa shape index (κ2) is 7.98. The van der Waals surface area contributed by atoms with E-state index < -0.39 is 5.51 Å². The molecule has 0 aliphatic carbocycles. The number of nitrogens with zero attached hydrogens (tertiary/aromatic N) is 4. The van der Waals surface area contributed by atoms with Crippen LogP contribution < -0.4 is 0 Å². The van der Waals surface area contributed by atoms with Gasteiger partial charge in [-0.25, -0.2) is 0 Å². The van der Waals surface area contributed by atoms with Crippen LogP contribution in [0.4, 0.5) is 13.2 Å². The Hall–Kier alpha value is -3.07. The smallest absolute Gasteiger partial charge is 0.332 e. The van der Waals surface area contributed by atoms with Gasteiger partial charge in [0.15, 0.2) is 5.69 Å². The number of hydrogen-bond donors (Lipinski definition) is 0. The maximum atomic E-state index is 12.5. The molecule has 2 aromatic heterocycles. The molecule has 154 valence electrons. The zero-order chi connectivity index (χ0) is 21.3. The molecule has 0 atom stereocenters. The summed E-state index contributed by atoms with van der Waals surface area (Å²) in [6, 6.07) is 15.9. The summed E-state index contributed by atoms with van der Waals surface area (Å²) in [5, 5.41) is 8.49. The number of aromatic nitrogens is 4. The first-order valence-corrected chi connectivity index (χ1v) is 9.89. The molecule has 4 rings (SSSR count). The molecule has 0 aliphatic heterocycles. The van der Waals surface area contributed by atoms with Crippen molar-refractivity contribution < 1.29 is 17.7 Å². The monoisotopic (exact) mass is 430 g/mol. The van der Waals surface area contributed by atoms with E-state index in [1.54, 1.807) is 0 Å². The van der Waals surface area contributed by atoms with E-state index in [1.165, 1.54) is 29.8 Å². The van der Waals surface area contributed by atoms with E-state index in [-0.39, 0.29) is 22.5 Å². The van der Waals surface area contributed by atoms with Crippen LogP contribution in [0.25, 0.3) is 23.0 Å². The van der Waals surface area contributed by atoms with Crippen LogP contribution >= 0.6 is 11.8 Å². The normalized spacial score (nSPS) is 11.8. The van der Waals surface area contributed by atoms with Crippen molar-refractivity contribution in [2.45, 2.75) is 30.8 Å². The van der Waals surface area contributed by atoms with Gasteiger partial charge >= 0.3 is 5.51 Å². The Morgan fingerprint density at radius 1 is 1.00 bits per heavy atom. The Morgan fingerprint density at radius 3 is 2.37 bits per heavy atom. The molecule has 9 heteroatoms. The maximum absolute atomic E-state index is 12.5. The lowest BCUT2D eigenvalue weighted by atomic mass is 10.1. The van der Waals surface area contributed by atoms with Crippen molar-refractivity contribution in [1.29, 1.82) is 0 Å². The van der Waals surface area contributed by atoms with Crippen LogP contribution in [0, 0.1) is 13.8 Å². The lowest BCUT2D eigenvalue weighted by Gasteiger charge is -2.05. The summed E-state index contributed by atoms with van der Waals surface area (Å²) in [5.41, 5.74) is 0.0473. The van der Waals surface area contributed by atoms with Gasteiger partial charge in [-0.15, -0.1) is 0 Å². The Labute approximate surface area is 174 Å². The van der Waals surface area contributed by atoms with E-state index >= 15 is 0 Å². The van der Waals surface area contributed by atoms with Gasteiger partial charge < -0.3 is 4.52 Å². The largest absolute Gasteiger partial charge is 0.446 e. The SMILES string of the molecule is Cc1ccc(Cn2nc(-c3nc(-c4ccc(SC(F)(F)F)cc4)no3)cc2C)cc1. The lowest BCUT2D eigenvalue weighted by Crippen LogP contribution is -2.03. The van der Waals surface area contributed by atoms with Crippen LogP contribution in [0.3, 0.4) is 0 Å². The molecular weight excluding hydrogens is 413 g/mol. The van der Waals surface area contributed by atoms with Crippen molar-refractivity contribution in [3.63, 3.8) is 0 Å². The minimum absolute atomic E-state index is 0.0976. The molecule has 0 unspecified atom stereocenters. The van der Waals surface area contributed by atoms with Gasteiger partial charge in [-0.1, -0.05) is 35.0 Å². The molecule has 2 aromatic carbocycles. The third-order valence-corrected chi connectivity index (χ3v) is 5.16. The van der Waals surface area contributed by atoms with Crippen molar-refractivity contribution in [3.8, 4) is 23.0 Å². The van der Waals surface area contributed by atoms with Gasteiger partial charge in [-0.05, 0) is 61.5 Å². The predicted octanol–water partition coefficient (Wildman–Crippen LogP) is 5.88. The minimum atomic E-state index is -4.32. The molecule has 4 aromatic rings. The zero-order valence-electron chi connectivity index (χ0n) is 16.1. The van der Waals surface area contributed by atoms with Gasteiger partial charge in [-0.2, -0.15) is 23.3 Å². The Morgan fingerprint density at radius 2 is 1.70 bits per heavy atom. The summed E-state index contributed by atoms with van der Waals surface area (Å²) >= 11 is -0.165. The van der Waals surface area contributed by atoms with Gasteiger partial charge in [0.1, 0.15) is 0 Å². The molecule has 0 fully saturated rings. The summed E-state index contributed by atoms with van der Waals surface area (Å²) in [5.74, 6) is 0.545. The van der Waals surface area contributed by atoms with E-state index in [9.17, 15) is 13.2 Å². The number of halogens is 3. The summed E-state index contributed by atoms with van der Waals surface area (Å²) in [4.78, 5) is 4.44. The van der Waals surface area contributed by atoms with E-state index in [2.05, 4.69) is 39.5 Å². The summed E-state index contributed by atoms with van der Waals surface area (Å²) < 4.78 is 44.6. The van der Waals surface area contributed by atoms with Gasteiger partial charge in [0.2, 0.25) is 5.82 Å². The molecule has 0 radical (unpaired) electrons. The van der Waals surface area contributed by atoms with Gasteiger partial charge in [-0.3, -0.25) is 4.68 Å². The second-order valence-electron chi connectivity index (χ2n) is 6.81. The fourth-order valence-electron chi connectivity index (χ4n) is 2.89. The van der Waals surface area contributed by atoms with Crippen LogP contribution in [-0.2, 0) is 6.54 Å². The predicted molar refractivity (Wildman–Crippen MR) is 108 cm³/mol. The number of rotatable bonds is 5. The first kappa shape index (κ1) is 20.2. The maximum Gasteiger partial charge on any atom is 0.446 e. The highest BCUT2D eigenvalue weighted by Crippen LogP contribution is 2.37.